The predicted octanol–water partition coefficient (Wildman–Crippen LogP) is 1.84. The first kappa shape index (κ1) is 11.5. The van der Waals surface area contributed by atoms with Crippen molar-refractivity contribution in [3.05, 3.63) is 30.1 Å². The molecule has 2 aromatic rings. The minimum absolute atomic E-state index is 0.281. The van der Waals surface area contributed by atoms with Crippen LogP contribution in [-0.2, 0) is 18.3 Å². The smallest absolute Gasteiger partial charge is 0.374 e. The number of aliphatic carboxylic acids is 1. The van der Waals surface area contributed by atoms with Crippen molar-refractivity contribution in [2.24, 2.45) is 7.05 Å². The highest BCUT2D eigenvalue weighted by molar-refractivity contribution is 5.82. The third kappa shape index (κ3) is 1.98. The summed E-state index contributed by atoms with van der Waals surface area (Å²) in [6, 6.07) is 3.28. The molecule has 2 aromatic heterocycles. The van der Waals surface area contributed by atoms with E-state index in [4.69, 9.17) is 5.11 Å². The van der Waals surface area contributed by atoms with E-state index in [9.17, 15) is 13.6 Å². The summed E-state index contributed by atoms with van der Waals surface area (Å²) >= 11 is 0. The number of halogens is 2. The van der Waals surface area contributed by atoms with Crippen molar-refractivity contribution in [3.8, 4) is 0 Å². The van der Waals surface area contributed by atoms with E-state index in [1.165, 1.54) is 6.20 Å². The number of carboxylic acids is 1. The van der Waals surface area contributed by atoms with Gasteiger partial charge in [0.1, 0.15) is 5.65 Å². The SMILES string of the molecule is Cn1cc(CC(F)(F)C(=O)O)c2cccnc21. The van der Waals surface area contributed by atoms with E-state index >= 15 is 0 Å². The van der Waals surface area contributed by atoms with Gasteiger partial charge in [0.15, 0.2) is 0 Å². The molecule has 0 aliphatic rings. The van der Waals surface area contributed by atoms with Gasteiger partial charge in [0.2, 0.25) is 0 Å². The number of pyridine rings is 1. The molecule has 0 aliphatic carbocycles. The molecule has 1 N–H and O–H groups in total. The number of aryl methyl sites for hydroxylation is 1. The molecule has 0 radical (unpaired) electrons. The van der Waals surface area contributed by atoms with Gasteiger partial charge in [-0.15, -0.1) is 0 Å². The molecule has 0 atom stereocenters. The van der Waals surface area contributed by atoms with E-state index in [0.717, 1.165) is 0 Å². The second-order valence-electron chi connectivity index (χ2n) is 3.83. The van der Waals surface area contributed by atoms with Crippen molar-refractivity contribution < 1.29 is 18.7 Å². The van der Waals surface area contributed by atoms with Crippen LogP contribution >= 0.6 is 0 Å². The van der Waals surface area contributed by atoms with Gasteiger partial charge >= 0.3 is 11.9 Å². The standard InChI is InChI=1S/C11H10F2N2O2/c1-15-6-7(5-11(12,13)10(16)17)8-3-2-4-14-9(8)15/h2-4,6H,5H2,1H3,(H,16,17). The molecule has 0 bridgehead atoms. The predicted molar refractivity (Wildman–Crippen MR) is 57.0 cm³/mol. The van der Waals surface area contributed by atoms with Crippen LogP contribution in [0.4, 0.5) is 8.78 Å². The number of hydrogen-bond acceptors (Lipinski definition) is 2. The number of nitrogens with zero attached hydrogens (tertiary/aromatic N) is 2. The minimum atomic E-state index is -3.76. The summed E-state index contributed by atoms with van der Waals surface area (Å²) in [5, 5.41) is 8.96. The number of fused-ring (bicyclic) bond motifs is 1. The monoisotopic (exact) mass is 240 g/mol. The molecule has 0 fully saturated rings. The average molecular weight is 240 g/mol. The largest absolute Gasteiger partial charge is 0.477 e. The van der Waals surface area contributed by atoms with Crippen LogP contribution in [0.1, 0.15) is 5.56 Å². The van der Waals surface area contributed by atoms with E-state index in [2.05, 4.69) is 4.98 Å². The van der Waals surface area contributed by atoms with Crippen molar-refractivity contribution in [1.29, 1.82) is 0 Å². The summed E-state index contributed by atoms with van der Waals surface area (Å²) in [6.07, 6.45) is 2.21. The van der Waals surface area contributed by atoms with Gasteiger partial charge in [-0.2, -0.15) is 8.78 Å². The van der Waals surface area contributed by atoms with Gasteiger partial charge in [0.25, 0.3) is 0 Å². The van der Waals surface area contributed by atoms with E-state index in [0.29, 0.717) is 11.0 Å². The fourth-order valence-electron chi connectivity index (χ4n) is 1.75. The minimum Gasteiger partial charge on any atom is -0.477 e. The third-order valence-electron chi connectivity index (χ3n) is 2.54. The molecule has 6 heteroatoms. The summed E-state index contributed by atoms with van der Waals surface area (Å²) in [6.45, 7) is 0. The number of carboxylic acid groups (broad SMARTS) is 1. The lowest BCUT2D eigenvalue weighted by molar-refractivity contribution is -0.164. The molecule has 90 valence electrons. The van der Waals surface area contributed by atoms with Gasteiger partial charge in [-0.3, -0.25) is 0 Å². The Morgan fingerprint density at radius 2 is 2.29 bits per heavy atom. The summed E-state index contributed by atoms with van der Waals surface area (Å²) in [5.41, 5.74) is 0.840. The second-order valence-corrected chi connectivity index (χ2v) is 3.83. The van der Waals surface area contributed by atoms with Crippen molar-refractivity contribution in [2.45, 2.75) is 12.3 Å². The Hall–Kier alpha value is -1.98. The molecule has 2 heterocycles. The molecular weight excluding hydrogens is 230 g/mol. The average Bonchev–Trinajstić information content (AvgIpc) is 2.56. The van der Waals surface area contributed by atoms with Crippen LogP contribution in [0.3, 0.4) is 0 Å². The molecule has 2 rings (SSSR count). The second kappa shape index (κ2) is 3.80. The quantitative estimate of drug-likeness (QED) is 0.890. The number of hydrogen-bond donors (Lipinski definition) is 1. The Labute approximate surface area is 95.5 Å². The number of aromatic nitrogens is 2. The first-order chi connectivity index (χ1) is 7.92. The highest BCUT2D eigenvalue weighted by Gasteiger charge is 2.39. The Morgan fingerprint density at radius 3 is 2.94 bits per heavy atom. The lowest BCUT2D eigenvalue weighted by atomic mass is 10.1. The molecule has 0 aromatic carbocycles. The van der Waals surface area contributed by atoms with Crippen LogP contribution in [0.15, 0.2) is 24.5 Å². The zero-order valence-corrected chi connectivity index (χ0v) is 9.02. The molecule has 0 aliphatic heterocycles. The summed E-state index contributed by atoms with van der Waals surface area (Å²) in [5.74, 6) is -5.87. The van der Waals surface area contributed by atoms with Crippen LogP contribution in [-0.4, -0.2) is 26.5 Å². The van der Waals surface area contributed by atoms with E-state index in [1.54, 1.807) is 29.9 Å². The van der Waals surface area contributed by atoms with E-state index < -0.39 is 18.3 Å². The summed E-state index contributed by atoms with van der Waals surface area (Å²) in [7, 11) is 1.68. The Morgan fingerprint density at radius 1 is 1.59 bits per heavy atom. The lowest BCUT2D eigenvalue weighted by Crippen LogP contribution is -2.30. The number of carbonyl (C=O) groups is 1. The fourth-order valence-corrected chi connectivity index (χ4v) is 1.75. The van der Waals surface area contributed by atoms with Crippen molar-refractivity contribution in [3.63, 3.8) is 0 Å². The first-order valence-electron chi connectivity index (χ1n) is 4.92. The molecular formula is C11H10F2N2O2. The molecule has 0 spiro atoms. The normalized spacial score (nSPS) is 11.9. The van der Waals surface area contributed by atoms with Crippen molar-refractivity contribution in [1.82, 2.24) is 9.55 Å². The van der Waals surface area contributed by atoms with Crippen LogP contribution in [0.25, 0.3) is 11.0 Å². The van der Waals surface area contributed by atoms with Crippen LogP contribution < -0.4 is 0 Å². The number of rotatable bonds is 3. The molecule has 0 saturated heterocycles. The number of alkyl halides is 2. The third-order valence-corrected chi connectivity index (χ3v) is 2.54. The van der Waals surface area contributed by atoms with Crippen LogP contribution in [0.5, 0.6) is 0 Å². The Bertz CT molecular complexity index is 578. The van der Waals surface area contributed by atoms with Crippen LogP contribution in [0.2, 0.25) is 0 Å². The van der Waals surface area contributed by atoms with Gasteiger partial charge in [-0.1, -0.05) is 0 Å². The molecule has 0 unspecified atom stereocenters. The highest BCUT2D eigenvalue weighted by Crippen LogP contribution is 2.26. The molecule has 17 heavy (non-hydrogen) atoms. The lowest BCUT2D eigenvalue weighted by Gasteiger charge is -2.09. The maximum absolute atomic E-state index is 13.1. The van der Waals surface area contributed by atoms with E-state index in [1.807, 2.05) is 0 Å². The maximum atomic E-state index is 13.1. The summed E-state index contributed by atoms with van der Waals surface area (Å²) in [4.78, 5) is 14.4. The summed E-state index contributed by atoms with van der Waals surface area (Å²) < 4.78 is 27.9. The molecule has 0 saturated carbocycles. The Balaban J connectivity index is 2.47. The molecule has 0 amide bonds. The maximum Gasteiger partial charge on any atom is 0.374 e. The highest BCUT2D eigenvalue weighted by atomic mass is 19.3. The van der Waals surface area contributed by atoms with Gasteiger partial charge in [0.05, 0.1) is 6.42 Å². The van der Waals surface area contributed by atoms with Gasteiger partial charge < -0.3 is 9.67 Å². The first-order valence-corrected chi connectivity index (χ1v) is 4.92. The molecule has 4 nitrogen and oxygen atoms in total. The van der Waals surface area contributed by atoms with Crippen molar-refractivity contribution in [2.75, 3.05) is 0 Å². The van der Waals surface area contributed by atoms with E-state index in [-0.39, 0.29) is 5.56 Å². The van der Waals surface area contributed by atoms with Crippen molar-refractivity contribution >= 4 is 17.0 Å². The van der Waals surface area contributed by atoms with Gasteiger partial charge in [-0.25, -0.2) is 9.78 Å². The van der Waals surface area contributed by atoms with Crippen LogP contribution in [0, 0.1) is 0 Å². The fraction of sp³-hybridized carbons (Fsp3) is 0.273. The zero-order chi connectivity index (χ0) is 12.6. The van der Waals surface area contributed by atoms with Gasteiger partial charge in [0, 0.05) is 24.8 Å². The van der Waals surface area contributed by atoms with Gasteiger partial charge in [-0.05, 0) is 17.7 Å². The zero-order valence-electron chi connectivity index (χ0n) is 9.02. The Kier molecular flexibility index (Phi) is 2.57. The topological polar surface area (TPSA) is 55.1 Å².